The number of carbonyl (C=O) groups is 2. The van der Waals surface area contributed by atoms with E-state index >= 15 is 0 Å². The van der Waals surface area contributed by atoms with Crippen LogP contribution in [0.2, 0.25) is 0 Å². The van der Waals surface area contributed by atoms with Crippen molar-refractivity contribution in [3.63, 3.8) is 0 Å². The van der Waals surface area contributed by atoms with Gasteiger partial charge in [-0.25, -0.2) is 0 Å². The molecule has 0 aromatic heterocycles. The number of aliphatic hydroxyl groups excluding tert-OH is 1. The summed E-state index contributed by atoms with van der Waals surface area (Å²) in [5.74, 6) is -0.837. The first kappa shape index (κ1) is 14.6. The summed E-state index contributed by atoms with van der Waals surface area (Å²) in [6.45, 7) is 0.0133. The topological polar surface area (TPSA) is 74.6 Å². The molecule has 0 spiro atoms. The van der Waals surface area contributed by atoms with Gasteiger partial charge < -0.3 is 10.2 Å². The third-order valence-electron chi connectivity index (χ3n) is 3.17. The van der Waals surface area contributed by atoms with Gasteiger partial charge in [-0.2, -0.15) is 0 Å². The number of unbranched alkanes of at least 4 members (excludes halogenated alkanes) is 2. The smallest absolute Gasteiger partial charge is 0.303 e. The monoisotopic (exact) mass is 252 g/mol. The van der Waals surface area contributed by atoms with E-state index in [1.165, 1.54) is 0 Å². The molecule has 0 fully saturated rings. The van der Waals surface area contributed by atoms with E-state index in [1.807, 2.05) is 12.2 Å². The summed E-state index contributed by atoms with van der Waals surface area (Å²) in [4.78, 5) is 21.8. The first-order chi connectivity index (χ1) is 8.65. The van der Waals surface area contributed by atoms with Gasteiger partial charge in [0, 0.05) is 18.3 Å². The highest BCUT2D eigenvalue weighted by Crippen LogP contribution is 2.25. The predicted octanol–water partition coefficient (Wildman–Crippen LogP) is 1.94. The Kier molecular flexibility index (Phi) is 6.36. The number of aliphatic carboxylic acids is 1. The number of aliphatic hydroxyl groups is 1. The zero-order valence-electron chi connectivity index (χ0n) is 10.4. The lowest BCUT2D eigenvalue weighted by Gasteiger charge is -2.13. The third-order valence-corrected chi connectivity index (χ3v) is 3.17. The van der Waals surface area contributed by atoms with Gasteiger partial charge in [-0.05, 0) is 31.8 Å². The normalized spacial score (nSPS) is 23.1. The van der Waals surface area contributed by atoms with E-state index in [4.69, 9.17) is 10.2 Å². The SMILES string of the molecule is O=C(O)CCCCC=CC[C@H]1C(=O)C=C[C@@H]1CO. The molecule has 0 heterocycles. The van der Waals surface area contributed by atoms with E-state index in [0.29, 0.717) is 12.8 Å². The second kappa shape index (κ2) is 7.82. The van der Waals surface area contributed by atoms with Crippen LogP contribution >= 0.6 is 0 Å². The summed E-state index contributed by atoms with van der Waals surface area (Å²) in [5.41, 5.74) is 0. The van der Waals surface area contributed by atoms with Crippen molar-refractivity contribution < 1.29 is 19.8 Å². The van der Waals surface area contributed by atoms with Gasteiger partial charge in [0.2, 0.25) is 0 Å². The van der Waals surface area contributed by atoms with E-state index in [0.717, 1.165) is 12.8 Å². The van der Waals surface area contributed by atoms with Gasteiger partial charge in [-0.1, -0.05) is 18.2 Å². The van der Waals surface area contributed by atoms with Gasteiger partial charge in [0.05, 0.1) is 6.61 Å². The second-order valence-electron chi connectivity index (χ2n) is 4.56. The van der Waals surface area contributed by atoms with E-state index < -0.39 is 5.97 Å². The van der Waals surface area contributed by atoms with Crippen LogP contribution in [0.4, 0.5) is 0 Å². The zero-order chi connectivity index (χ0) is 13.4. The van der Waals surface area contributed by atoms with Gasteiger partial charge in [0.15, 0.2) is 5.78 Å². The molecule has 1 rings (SSSR count). The molecule has 4 nitrogen and oxygen atoms in total. The van der Waals surface area contributed by atoms with Gasteiger partial charge in [0.25, 0.3) is 0 Å². The highest BCUT2D eigenvalue weighted by molar-refractivity contribution is 5.94. The number of carboxylic acid groups (broad SMARTS) is 1. The predicted molar refractivity (Wildman–Crippen MR) is 68.1 cm³/mol. The third kappa shape index (κ3) is 4.84. The number of ketones is 1. The Morgan fingerprint density at radius 3 is 2.78 bits per heavy atom. The molecule has 0 unspecified atom stereocenters. The van der Waals surface area contributed by atoms with Gasteiger partial charge >= 0.3 is 5.97 Å². The molecular weight excluding hydrogens is 232 g/mol. The number of allylic oxidation sites excluding steroid dienone is 3. The highest BCUT2D eigenvalue weighted by Gasteiger charge is 2.27. The summed E-state index contributed by atoms with van der Waals surface area (Å²) in [6.07, 6.45) is 10.5. The molecule has 0 radical (unpaired) electrons. The number of hydrogen-bond donors (Lipinski definition) is 2. The Morgan fingerprint density at radius 1 is 1.33 bits per heavy atom. The van der Waals surface area contributed by atoms with Gasteiger partial charge in [-0.15, -0.1) is 0 Å². The van der Waals surface area contributed by atoms with Crippen molar-refractivity contribution in [1.29, 1.82) is 0 Å². The molecule has 1 aliphatic carbocycles. The Labute approximate surface area is 107 Å². The molecule has 2 atom stereocenters. The minimum atomic E-state index is -0.757. The molecule has 4 heteroatoms. The van der Waals surface area contributed by atoms with Crippen LogP contribution in [0.5, 0.6) is 0 Å². The van der Waals surface area contributed by atoms with Crippen LogP contribution in [-0.4, -0.2) is 28.6 Å². The summed E-state index contributed by atoms with van der Waals surface area (Å²) < 4.78 is 0. The van der Waals surface area contributed by atoms with Crippen molar-refractivity contribution in [2.45, 2.75) is 32.1 Å². The maximum atomic E-state index is 11.5. The van der Waals surface area contributed by atoms with E-state index in [2.05, 4.69) is 0 Å². The van der Waals surface area contributed by atoms with Crippen molar-refractivity contribution in [3.05, 3.63) is 24.3 Å². The van der Waals surface area contributed by atoms with Crippen LogP contribution in [0.3, 0.4) is 0 Å². The quantitative estimate of drug-likeness (QED) is 0.511. The lowest BCUT2D eigenvalue weighted by molar-refractivity contribution is -0.137. The summed E-state index contributed by atoms with van der Waals surface area (Å²) >= 11 is 0. The molecule has 0 bridgehead atoms. The summed E-state index contributed by atoms with van der Waals surface area (Å²) in [7, 11) is 0. The molecule has 18 heavy (non-hydrogen) atoms. The molecule has 0 saturated carbocycles. The zero-order valence-corrected chi connectivity index (χ0v) is 10.4. The van der Waals surface area contributed by atoms with E-state index in [1.54, 1.807) is 12.2 Å². The van der Waals surface area contributed by atoms with Gasteiger partial charge in [0.1, 0.15) is 0 Å². The van der Waals surface area contributed by atoms with Crippen LogP contribution in [0.15, 0.2) is 24.3 Å². The highest BCUT2D eigenvalue weighted by atomic mass is 16.4. The van der Waals surface area contributed by atoms with Crippen molar-refractivity contribution in [3.8, 4) is 0 Å². The number of hydrogen-bond acceptors (Lipinski definition) is 3. The van der Waals surface area contributed by atoms with Crippen LogP contribution < -0.4 is 0 Å². The standard InChI is InChI=1S/C14H20O4/c15-10-11-8-9-13(16)12(11)6-4-2-1-3-5-7-14(17)18/h2,4,8-9,11-12,15H,1,3,5-7,10H2,(H,17,18)/t11-,12-/m1/s1. The van der Waals surface area contributed by atoms with E-state index in [-0.39, 0.29) is 30.6 Å². The largest absolute Gasteiger partial charge is 0.481 e. The number of rotatable bonds is 8. The summed E-state index contributed by atoms with van der Waals surface area (Å²) in [6, 6.07) is 0. The molecule has 2 N–H and O–H groups in total. The molecule has 0 amide bonds. The lowest BCUT2D eigenvalue weighted by Crippen LogP contribution is -2.17. The van der Waals surface area contributed by atoms with E-state index in [9.17, 15) is 9.59 Å². The average Bonchev–Trinajstić information content (AvgIpc) is 2.69. The lowest BCUT2D eigenvalue weighted by atomic mass is 9.92. The van der Waals surface area contributed by atoms with Crippen LogP contribution in [0.25, 0.3) is 0 Å². The van der Waals surface area contributed by atoms with Crippen LogP contribution in [0.1, 0.15) is 32.1 Å². The summed E-state index contributed by atoms with van der Waals surface area (Å²) in [5, 5.41) is 17.6. The Hall–Kier alpha value is -1.42. The minimum Gasteiger partial charge on any atom is -0.481 e. The Bertz CT molecular complexity index is 344. The molecule has 0 aromatic carbocycles. The van der Waals surface area contributed by atoms with Gasteiger partial charge in [-0.3, -0.25) is 9.59 Å². The fourth-order valence-electron chi connectivity index (χ4n) is 2.07. The minimum absolute atomic E-state index is 0.0133. The van der Waals surface area contributed by atoms with Crippen LogP contribution in [-0.2, 0) is 9.59 Å². The maximum Gasteiger partial charge on any atom is 0.303 e. The number of carbonyl (C=O) groups excluding carboxylic acids is 1. The fourth-order valence-corrected chi connectivity index (χ4v) is 2.07. The molecular formula is C14H20O4. The Balaban J connectivity index is 2.16. The first-order valence-electron chi connectivity index (χ1n) is 6.35. The second-order valence-corrected chi connectivity index (χ2v) is 4.56. The van der Waals surface area contributed by atoms with Crippen molar-refractivity contribution in [2.75, 3.05) is 6.61 Å². The van der Waals surface area contributed by atoms with Crippen molar-refractivity contribution >= 4 is 11.8 Å². The molecule has 100 valence electrons. The molecule has 1 aliphatic rings. The maximum absolute atomic E-state index is 11.5. The van der Waals surface area contributed by atoms with Crippen LogP contribution in [0, 0.1) is 11.8 Å². The number of carboxylic acids is 1. The molecule has 0 aliphatic heterocycles. The Morgan fingerprint density at radius 2 is 2.11 bits per heavy atom. The first-order valence-corrected chi connectivity index (χ1v) is 6.35. The molecule has 0 saturated heterocycles. The van der Waals surface area contributed by atoms with Crippen molar-refractivity contribution in [1.82, 2.24) is 0 Å². The fraction of sp³-hybridized carbons (Fsp3) is 0.571. The average molecular weight is 252 g/mol. The molecule has 0 aromatic rings. The van der Waals surface area contributed by atoms with Crippen molar-refractivity contribution in [2.24, 2.45) is 11.8 Å².